The second kappa shape index (κ2) is 11.8. The third kappa shape index (κ3) is 10.3. The molecule has 0 bridgehead atoms. The van der Waals surface area contributed by atoms with Crippen molar-refractivity contribution in [3.8, 4) is 0 Å². The lowest BCUT2D eigenvalue weighted by Gasteiger charge is -2.10. The minimum Gasteiger partial charge on any atom is -0.478 e. The maximum absolute atomic E-state index is 10.4. The lowest BCUT2D eigenvalue weighted by atomic mass is 10.2. The fraction of sp³-hybridized carbons (Fsp3) is 0.222. The van der Waals surface area contributed by atoms with E-state index in [0.717, 1.165) is 0 Å². The Labute approximate surface area is 168 Å². The summed E-state index contributed by atoms with van der Waals surface area (Å²) in [6, 6.07) is 13.4. The first-order valence-corrected chi connectivity index (χ1v) is 8.87. The Hall–Kier alpha value is -1.74. The van der Waals surface area contributed by atoms with Crippen LogP contribution in [0.3, 0.4) is 0 Å². The molecule has 0 aliphatic carbocycles. The first kappa shape index (κ1) is 24.3. The van der Waals surface area contributed by atoms with Gasteiger partial charge in [0.15, 0.2) is 0 Å². The lowest BCUT2D eigenvalue weighted by Crippen LogP contribution is -2.23. The van der Waals surface area contributed by atoms with E-state index in [9.17, 15) is 9.59 Å². The van der Waals surface area contributed by atoms with Crippen LogP contribution in [0.15, 0.2) is 57.5 Å². The van der Waals surface area contributed by atoms with Gasteiger partial charge in [0.1, 0.15) is 0 Å². The molecule has 0 aromatic heterocycles. The molecular weight excluding hydrogens is 472 g/mol. The van der Waals surface area contributed by atoms with Gasteiger partial charge in [-0.2, -0.15) is 0 Å². The Morgan fingerprint density at radius 2 is 1.12 bits per heavy atom. The van der Waals surface area contributed by atoms with E-state index in [1.54, 1.807) is 62.4 Å². The van der Waals surface area contributed by atoms with E-state index in [2.05, 4.69) is 31.9 Å². The molecule has 2 rings (SSSR count). The number of aromatic carboxylic acids is 2. The van der Waals surface area contributed by atoms with Crippen LogP contribution in [0.5, 0.6) is 0 Å². The predicted octanol–water partition coefficient (Wildman–Crippen LogP) is 4.04. The lowest BCUT2D eigenvalue weighted by molar-refractivity contribution is 0.0183. The van der Waals surface area contributed by atoms with Gasteiger partial charge in [0.05, 0.1) is 23.3 Å². The van der Waals surface area contributed by atoms with Crippen molar-refractivity contribution in [1.29, 1.82) is 0 Å². The molecule has 0 saturated carbocycles. The maximum atomic E-state index is 10.4. The fourth-order valence-electron chi connectivity index (χ4n) is 1.27. The van der Waals surface area contributed by atoms with Crippen molar-refractivity contribution in [2.45, 2.75) is 19.4 Å². The predicted molar refractivity (Wildman–Crippen MR) is 106 cm³/mol. The Bertz CT molecular complexity index is 670. The van der Waals surface area contributed by atoms with Crippen molar-refractivity contribution in [3.05, 3.63) is 68.6 Å². The molecule has 0 aliphatic heterocycles. The molecule has 0 heterocycles. The molecular formula is C18H20Br2O6. The number of halogens is 2. The Kier molecular flexibility index (Phi) is 11.0. The van der Waals surface area contributed by atoms with Crippen molar-refractivity contribution in [2.24, 2.45) is 0 Å². The second-order valence-electron chi connectivity index (χ2n) is 5.54. The molecule has 0 amide bonds. The van der Waals surface area contributed by atoms with Gasteiger partial charge >= 0.3 is 11.9 Å². The number of benzene rings is 2. The minimum absolute atomic E-state index is 0.174. The Morgan fingerprint density at radius 1 is 0.846 bits per heavy atom. The first-order valence-electron chi connectivity index (χ1n) is 7.28. The standard InChI is InChI=1S/2C7H5BrO2.C4H10O2/c2*8-6-4-2-1-3-5(6)7(9)10;1-4(2,6)3-5/h2*1-4H,(H,9,10);5-6H,3H2,1-2H3. The van der Waals surface area contributed by atoms with E-state index >= 15 is 0 Å². The van der Waals surface area contributed by atoms with Crippen LogP contribution in [0.25, 0.3) is 0 Å². The smallest absolute Gasteiger partial charge is 0.336 e. The first-order chi connectivity index (χ1) is 12.0. The van der Waals surface area contributed by atoms with E-state index in [1.807, 2.05) is 0 Å². The molecule has 0 aliphatic rings. The summed E-state index contributed by atoms with van der Waals surface area (Å²) in [4.78, 5) is 20.8. The van der Waals surface area contributed by atoms with E-state index in [0.29, 0.717) is 20.1 Å². The zero-order valence-electron chi connectivity index (χ0n) is 14.2. The van der Waals surface area contributed by atoms with Crippen molar-refractivity contribution < 1.29 is 30.0 Å². The number of hydrogen-bond donors (Lipinski definition) is 4. The molecule has 26 heavy (non-hydrogen) atoms. The molecule has 2 aromatic rings. The molecule has 142 valence electrons. The summed E-state index contributed by atoms with van der Waals surface area (Å²) in [6.45, 7) is 2.92. The highest BCUT2D eigenvalue weighted by molar-refractivity contribution is 9.10. The van der Waals surface area contributed by atoms with Gasteiger partial charge in [-0.1, -0.05) is 24.3 Å². The third-order valence-electron chi connectivity index (χ3n) is 2.60. The topological polar surface area (TPSA) is 115 Å². The highest BCUT2D eigenvalue weighted by Crippen LogP contribution is 2.15. The van der Waals surface area contributed by atoms with Crippen LogP contribution in [0, 0.1) is 0 Å². The van der Waals surface area contributed by atoms with E-state index in [-0.39, 0.29) is 6.61 Å². The molecule has 4 N–H and O–H groups in total. The van der Waals surface area contributed by atoms with Crippen LogP contribution in [0.2, 0.25) is 0 Å². The van der Waals surface area contributed by atoms with E-state index in [4.69, 9.17) is 20.4 Å². The number of rotatable bonds is 3. The van der Waals surface area contributed by atoms with Gasteiger partial charge in [-0.3, -0.25) is 0 Å². The molecule has 0 saturated heterocycles. The quantitative estimate of drug-likeness (QED) is 0.515. The molecule has 8 heteroatoms. The van der Waals surface area contributed by atoms with Crippen LogP contribution < -0.4 is 0 Å². The number of carbonyl (C=O) groups is 2. The van der Waals surface area contributed by atoms with Crippen molar-refractivity contribution >= 4 is 43.8 Å². The van der Waals surface area contributed by atoms with E-state index in [1.165, 1.54) is 0 Å². The number of carboxylic acid groups (broad SMARTS) is 2. The summed E-state index contributed by atoms with van der Waals surface area (Å²) < 4.78 is 1.23. The van der Waals surface area contributed by atoms with Crippen molar-refractivity contribution in [2.75, 3.05) is 6.61 Å². The number of aliphatic hydroxyl groups is 2. The molecule has 0 unspecified atom stereocenters. The summed E-state index contributed by atoms with van der Waals surface area (Å²) in [6.07, 6.45) is 0. The van der Waals surface area contributed by atoms with E-state index < -0.39 is 17.5 Å². The van der Waals surface area contributed by atoms with Crippen LogP contribution in [0.4, 0.5) is 0 Å². The summed E-state index contributed by atoms with van der Waals surface area (Å²) in [5.74, 6) is -1.82. The zero-order valence-corrected chi connectivity index (χ0v) is 17.4. The Morgan fingerprint density at radius 3 is 1.27 bits per heavy atom. The number of aliphatic hydroxyl groups excluding tert-OH is 1. The monoisotopic (exact) mass is 490 g/mol. The van der Waals surface area contributed by atoms with Gasteiger partial charge in [0, 0.05) is 8.95 Å². The molecule has 6 nitrogen and oxygen atoms in total. The van der Waals surface area contributed by atoms with Gasteiger partial charge in [0.25, 0.3) is 0 Å². The number of carboxylic acids is 2. The van der Waals surface area contributed by atoms with Crippen molar-refractivity contribution in [1.82, 2.24) is 0 Å². The van der Waals surface area contributed by atoms with Gasteiger partial charge < -0.3 is 20.4 Å². The highest BCUT2D eigenvalue weighted by atomic mass is 79.9. The molecule has 0 fully saturated rings. The SMILES string of the molecule is CC(C)(O)CO.O=C(O)c1ccccc1Br.O=C(O)c1ccccc1Br. The van der Waals surface area contributed by atoms with Crippen LogP contribution in [0.1, 0.15) is 34.6 Å². The van der Waals surface area contributed by atoms with Crippen LogP contribution in [-0.4, -0.2) is 44.6 Å². The second-order valence-corrected chi connectivity index (χ2v) is 7.25. The maximum Gasteiger partial charge on any atom is 0.336 e. The van der Waals surface area contributed by atoms with Gasteiger partial charge in [-0.25, -0.2) is 9.59 Å². The molecule has 0 spiro atoms. The summed E-state index contributed by atoms with van der Waals surface area (Å²) in [5, 5.41) is 33.8. The van der Waals surface area contributed by atoms with Gasteiger partial charge in [0.2, 0.25) is 0 Å². The van der Waals surface area contributed by atoms with Crippen molar-refractivity contribution in [3.63, 3.8) is 0 Å². The minimum atomic E-state index is -0.910. The molecule has 2 aromatic carbocycles. The Balaban J connectivity index is 0.000000375. The highest BCUT2D eigenvalue weighted by Gasteiger charge is 2.07. The fourth-order valence-corrected chi connectivity index (χ4v) is 2.18. The van der Waals surface area contributed by atoms with Crippen LogP contribution in [-0.2, 0) is 0 Å². The molecule has 0 atom stereocenters. The van der Waals surface area contributed by atoms with Gasteiger partial charge in [-0.15, -0.1) is 0 Å². The number of hydrogen-bond acceptors (Lipinski definition) is 4. The average molecular weight is 492 g/mol. The summed E-state index contributed by atoms with van der Waals surface area (Å²) >= 11 is 6.23. The zero-order chi connectivity index (χ0) is 20.3. The normalized spacial score (nSPS) is 9.92. The summed E-state index contributed by atoms with van der Waals surface area (Å²) in [5.41, 5.74) is -0.315. The average Bonchev–Trinajstić information content (AvgIpc) is 2.55. The van der Waals surface area contributed by atoms with Crippen LogP contribution >= 0.6 is 31.9 Å². The summed E-state index contributed by atoms with van der Waals surface area (Å²) in [7, 11) is 0. The van der Waals surface area contributed by atoms with Gasteiger partial charge in [-0.05, 0) is 70.0 Å². The molecule has 0 radical (unpaired) electrons. The largest absolute Gasteiger partial charge is 0.478 e. The third-order valence-corrected chi connectivity index (χ3v) is 3.98.